The van der Waals surface area contributed by atoms with E-state index in [2.05, 4.69) is 5.32 Å². The van der Waals surface area contributed by atoms with Crippen molar-refractivity contribution in [1.29, 1.82) is 0 Å². The number of hydrogen-bond donors (Lipinski definition) is 1. The first-order chi connectivity index (χ1) is 21.7. The highest BCUT2D eigenvalue weighted by Crippen LogP contribution is 2.33. The highest BCUT2D eigenvalue weighted by Gasteiger charge is 2.36. The second kappa shape index (κ2) is 14.7. The van der Waals surface area contributed by atoms with Crippen LogP contribution in [-0.2, 0) is 32.6 Å². The lowest BCUT2D eigenvalue weighted by molar-refractivity contribution is -0.140. The SMILES string of the molecule is Cc1ccc(S(=O)(=O)N(CC(=O)N(Cc2ccccc2C)[C@H](Cc2ccccc2)C(=O)NC(C)(C)C)c2cc(Cl)ccc2Cl)cc1. The summed E-state index contributed by atoms with van der Waals surface area (Å²) < 4.78 is 29.4. The standard InChI is InChI=1S/C36H39Cl2N3O4S/c1-25-15-18-30(19-16-25)46(44,45)41(32-22-29(37)17-20-31(32)38)24-34(42)40(23-28-14-10-9-11-26(28)2)33(35(43)39-36(3,4)5)21-27-12-7-6-8-13-27/h6-20,22,33H,21,23-24H2,1-5H3,(H,39,43)/t33-/m1/s1. The minimum atomic E-state index is -4.31. The lowest BCUT2D eigenvalue weighted by Crippen LogP contribution is -2.56. The predicted octanol–water partition coefficient (Wildman–Crippen LogP) is 7.36. The summed E-state index contributed by atoms with van der Waals surface area (Å²) in [5.41, 5.74) is 2.95. The Morgan fingerprint density at radius 3 is 2.11 bits per heavy atom. The number of aryl methyl sites for hydroxylation is 2. The molecule has 1 atom stereocenters. The van der Waals surface area contributed by atoms with Crippen molar-refractivity contribution >= 4 is 50.7 Å². The molecule has 0 saturated carbocycles. The fourth-order valence-electron chi connectivity index (χ4n) is 5.01. The van der Waals surface area contributed by atoms with E-state index < -0.39 is 34.1 Å². The van der Waals surface area contributed by atoms with E-state index in [0.717, 1.165) is 26.6 Å². The van der Waals surface area contributed by atoms with E-state index in [9.17, 15) is 18.0 Å². The van der Waals surface area contributed by atoms with Gasteiger partial charge in [0.15, 0.2) is 0 Å². The smallest absolute Gasteiger partial charge is 0.264 e. The molecule has 0 unspecified atom stereocenters. The van der Waals surface area contributed by atoms with Gasteiger partial charge in [0.05, 0.1) is 15.6 Å². The number of carbonyl (C=O) groups is 2. The average Bonchev–Trinajstić information content (AvgIpc) is 2.99. The van der Waals surface area contributed by atoms with Gasteiger partial charge in [-0.2, -0.15) is 0 Å². The summed E-state index contributed by atoms with van der Waals surface area (Å²) in [6, 6.07) is 26.8. The Labute approximate surface area is 282 Å². The summed E-state index contributed by atoms with van der Waals surface area (Å²) in [4.78, 5) is 30.1. The zero-order chi connectivity index (χ0) is 33.6. The maximum absolute atomic E-state index is 14.6. The molecule has 0 saturated heterocycles. The van der Waals surface area contributed by atoms with Crippen molar-refractivity contribution in [3.63, 3.8) is 0 Å². The van der Waals surface area contributed by atoms with Crippen molar-refractivity contribution < 1.29 is 18.0 Å². The van der Waals surface area contributed by atoms with Gasteiger partial charge in [-0.25, -0.2) is 8.42 Å². The molecule has 0 aliphatic carbocycles. The molecule has 0 radical (unpaired) electrons. The van der Waals surface area contributed by atoms with Gasteiger partial charge in [-0.3, -0.25) is 13.9 Å². The summed E-state index contributed by atoms with van der Waals surface area (Å²) in [7, 11) is -4.31. The van der Waals surface area contributed by atoms with Crippen molar-refractivity contribution in [2.24, 2.45) is 0 Å². The van der Waals surface area contributed by atoms with Crippen molar-refractivity contribution in [3.05, 3.63) is 129 Å². The highest BCUT2D eigenvalue weighted by molar-refractivity contribution is 7.92. The number of carbonyl (C=O) groups excluding carboxylic acids is 2. The van der Waals surface area contributed by atoms with Gasteiger partial charge in [0.25, 0.3) is 10.0 Å². The minimum Gasteiger partial charge on any atom is -0.350 e. The van der Waals surface area contributed by atoms with Crippen molar-refractivity contribution in [2.45, 2.75) is 64.1 Å². The zero-order valence-corrected chi connectivity index (χ0v) is 29.0. The molecule has 0 aliphatic rings. The van der Waals surface area contributed by atoms with E-state index in [1.165, 1.54) is 29.2 Å². The Morgan fingerprint density at radius 2 is 1.48 bits per heavy atom. The number of nitrogens with zero attached hydrogens (tertiary/aromatic N) is 2. The topological polar surface area (TPSA) is 86.8 Å². The van der Waals surface area contributed by atoms with E-state index >= 15 is 0 Å². The first kappa shape index (κ1) is 35.0. The molecule has 0 heterocycles. The minimum absolute atomic E-state index is 0.0151. The molecule has 0 aromatic heterocycles. The van der Waals surface area contributed by atoms with Gasteiger partial charge in [0, 0.05) is 23.5 Å². The van der Waals surface area contributed by atoms with Crippen LogP contribution in [0.1, 0.15) is 43.0 Å². The number of rotatable bonds is 11. The largest absolute Gasteiger partial charge is 0.350 e. The molecule has 0 bridgehead atoms. The number of nitrogens with one attached hydrogen (secondary N) is 1. The second-order valence-corrected chi connectivity index (χ2v) is 15.0. The van der Waals surface area contributed by atoms with E-state index in [1.54, 1.807) is 18.2 Å². The van der Waals surface area contributed by atoms with Crippen LogP contribution >= 0.6 is 23.2 Å². The van der Waals surface area contributed by atoms with E-state index in [1.807, 2.05) is 89.2 Å². The van der Waals surface area contributed by atoms with Gasteiger partial charge in [-0.1, -0.05) is 95.5 Å². The molecule has 0 spiro atoms. The second-order valence-electron chi connectivity index (χ2n) is 12.3. The number of sulfonamides is 1. The Hall–Kier alpha value is -3.85. The number of hydrogen-bond acceptors (Lipinski definition) is 4. The van der Waals surface area contributed by atoms with Crippen molar-refractivity contribution in [3.8, 4) is 0 Å². The molecule has 4 rings (SSSR count). The van der Waals surface area contributed by atoms with Crippen LogP contribution in [0, 0.1) is 13.8 Å². The lowest BCUT2D eigenvalue weighted by Gasteiger charge is -2.35. The van der Waals surface area contributed by atoms with Crippen LogP contribution in [0.3, 0.4) is 0 Å². The fraction of sp³-hybridized carbons (Fsp3) is 0.278. The van der Waals surface area contributed by atoms with E-state index in [0.29, 0.717) is 0 Å². The molecule has 0 fully saturated rings. The van der Waals surface area contributed by atoms with Crippen LogP contribution in [-0.4, -0.2) is 43.3 Å². The maximum Gasteiger partial charge on any atom is 0.264 e. The lowest BCUT2D eigenvalue weighted by atomic mass is 10.00. The van der Waals surface area contributed by atoms with Crippen LogP contribution in [0.4, 0.5) is 5.69 Å². The maximum atomic E-state index is 14.6. The average molecular weight is 681 g/mol. The van der Waals surface area contributed by atoms with Crippen LogP contribution in [0.25, 0.3) is 0 Å². The third-order valence-electron chi connectivity index (χ3n) is 7.44. The predicted molar refractivity (Wildman–Crippen MR) is 186 cm³/mol. The normalized spacial score (nSPS) is 12.3. The Bertz CT molecular complexity index is 1790. The molecule has 242 valence electrons. The zero-order valence-electron chi connectivity index (χ0n) is 26.6. The number of amides is 2. The molecular weight excluding hydrogens is 641 g/mol. The molecule has 0 aliphatic heterocycles. The number of halogens is 2. The monoisotopic (exact) mass is 679 g/mol. The first-order valence-electron chi connectivity index (χ1n) is 14.9. The first-order valence-corrected chi connectivity index (χ1v) is 17.1. The molecule has 10 heteroatoms. The van der Waals surface area contributed by atoms with Gasteiger partial charge in [-0.15, -0.1) is 0 Å². The van der Waals surface area contributed by atoms with Crippen LogP contribution in [0.5, 0.6) is 0 Å². The van der Waals surface area contributed by atoms with E-state index in [-0.39, 0.29) is 39.5 Å². The summed E-state index contributed by atoms with van der Waals surface area (Å²) in [6.45, 7) is 8.83. The quantitative estimate of drug-likeness (QED) is 0.179. The van der Waals surface area contributed by atoms with Crippen molar-refractivity contribution in [1.82, 2.24) is 10.2 Å². The summed E-state index contributed by atoms with van der Waals surface area (Å²) in [5.74, 6) is -0.938. The highest BCUT2D eigenvalue weighted by atomic mass is 35.5. The Kier molecular flexibility index (Phi) is 11.2. The molecule has 7 nitrogen and oxygen atoms in total. The van der Waals surface area contributed by atoms with Crippen LogP contribution in [0.15, 0.2) is 102 Å². The van der Waals surface area contributed by atoms with Crippen LogP contribution in [0.2, 0.25) is 10.0 Å². The van der Waals surface area contributed by atoms with Crippen molar-refractivity contribution in [2.75, 3.05) is 10.8 Å². The third kappa shape index (κ3) is 8.90. The summed E-state index contributed by atoms with van der Waals surface area (Å²) in [6.07, 6.45) is 0.211. The van der Waals surface area contributed by atoms with Gasteiger partial charge >= 0.3 is 0 Å². The Balaban J connectivity index is 1.86. The molecule has 4 aromatic carbocycles. The number of benzene rings is 4. The number of anilines is 1. The van der Waals surface area contributed by atoms with Gasteiger partial charge < -0.3 is 10.2 Å². The third-order valence-corrected chi connectivity index (χ3v) is 9.76. The van der Waals surface area contributed by atoms with Gasteiger partial charge in [0.2, 0.25) is 11.8 Å². The Morgan fingerprint density at radius 1 is 0.848 bits per heavy atom. The molecule has 46 heavy (non-hydrogen) atoms. The molecule has 1 N–H and O–H groups in total. The summed E-state index contributed by atoms with van der Waals surface area (Å²) in [5, 5.41) is 3.39. The van der Waals surface area contributed by atoms with Gasteiger partial charge in [0.1, 0.15) is 12.6 Å². The fourth-order valence-corrected chi connectivity index (χ4v) is 6.87. The molecular formula is C36H39Cl2N3O4S. The molecule has 2 amide bonds. The summed E-state index contributed by atoms with van der Waals surface area (Å²) >= 11 is 12.9. The van der Waals surface area contributed by atoms with E-state index in [4.69, 9.17) is 23.2 Å². The molecule has 4 aromatic rings. The van der Waals surface area contributed by atoms with Crippen LogP contribution < -0.4 is 9.62 Å². The van der Waals surface area contributed by atoms with Gasteiger partial charge in [-0.05, 0) is 81.6 Å².